The molecule has 1 heterocycles. The minimum Gasteiger partial charge on any atom is -0.378 e. The van der Waals surface area contributed by atoms with Gasteiger partial charge in [0.1, 0.15) is 11.6 Å². The maximum atomic E-state index is 14.8. The zero-order valence-electron chi connectivity index (χ0n) is 18.6. The van der Waals surface area contributed by atoms with Gasteiger partial charge in [-0.25, -0.2) is 8.78 Å². The van der Waals surface area contributed by atoms with E-state index in [1.165, 1.54) is 23.3 Å². The summed E-state index contributed by atoms with van der Waals surface area (Å²) in [4.78, 5) is 0. The summed E-state index contributed by atoms with van der Waals surface area (Å²) in [6.07, 6.45) is 0.758. The Labute approximate surface area is 192 Å². The molecule has 3 atom stereocenters. The van der Waals surface area contributed by atoms with E-state index in [0.29, 0.717) is 10.9 Å². The Morgan fingerprint density at radius 2 is 1.70 bits per heavy atom. The van der Waals surface area contributed by atoms with Crippen LogP contribution < -0.4 is 10.6 Å². The second kappa shape index (κ2) is 8.68. The van der Waals surface area contributed by atoms with Gasteiger partial charge in [0.2, 0.25) is 0 Å². The van der Waals surface area contributed by atoms with Crippen LogP contribution in [0.4, 0.5) is 14.5 Å². The third-order valence-corrected chi connectivity index (χ3v) is 8.70. The standard InChI is InChI=1S/C26H26F2NO3P/c1-3-31-33(30,32-4-2)18-10-12-24-21(15-18)25-19-8-6-5-7-16(19)13-22(25)26(29-24)20-11-9-17(27)14-23(20)28/h5-12,14-15,22,25-26,29H,3-4,13H2,1-2H3/t22-,25-,26-/m1/s1. The van der Waals surface area contributed by atoms with Gasteiger partial charge in [-0.2, -0.15) is 0 Å². The lowest BCUT2D eigenvalue weighted by atomic mass is 9.75. The predicted molar refractivity (Wildman–Crippen MR) is 125 cm³/mol. The molecule has 0 saturated carbocycles. The highest BCUT2D eigenvalue weighted by Crippen LogP contribution is 2.55. The largest absolute Gasteiger partial charge is 0.378 e. The molecule has 1 aliphatic heterocycles. The highest BCUT2D eigenvalue weighted by Gasteiger charge is 2.44. The molecule has 5 rings (SSSR count). The van der Waals surface area contributed by atoms with Crippen LogP contribution >= 0.6 is 7.60 Å². The first-order valence-electron chi connectivity index (χ1n) is 11.3. The van der Waals surface area contributed by atoms with E-state index < -0.39 is 19.2 Å². The molecule has 0 bridgehead atoms. The predicted octanol–water partition coefficient (Wildman–Crippen LogP) is 6.33. The van der Waals surface area contributed by atoms with Crippen molar-refractivity contribution in [2.45, 2.75) is 32.2 Å². The monoisotopic (exact) mass is 469 g/mol. The molecule has 1 N–H and O–H groups in total. The Bertz CT molecular complexity index is 1240. The summed E-state index contributed by atoms with van der Waals surface area (Å²) in [5.74, 6) is -1.15. The molecule has 0 radical (unpaired) electrons. The first-order chi connectivity index (χ1) is 15.9. The fourth-order valence-electron chi connectivity index (χ4n) is 5.31. The average Bonchev–Trinajstić information content (AvgIpc) is 3.19. The number of halogens is 2. The second-order valence-corrected chi connectivity index (χ2v) is 10.5. The molecular weight excluding hydrogens is 443 g/mol. The average molecular weight is 469 g/mol. The van der Waals surface area contributed by atoms with Gasteiger partial charge in [-0.15, -0.1) is 0 Å². The Morgan fingerprint density at radius 3 is 2.42 bits per heavy atom. The molecule has 4 nitrogen and oxygen atoms in total. The summed E-state index contributed by atoms with van der Waals surface area (Å²) in [6, 6.07) is 17.2. The van der Waals surface area contributed by atoms with Crippen molar-refractivity contribution in [3.05, 3.63) is 94.6 Å². The van der Waals surface area contributed by atoms with Gasteiger partial charge in [-0.3, -0.25) is 4.57 Å². The van der Waals surface area contributed by atoms with Crippen LogP contribution in [-0.2, 0) is 20.0 Å². The first kappa shape index (κ1) is 22.3. The molecule has 1 aliphatic carbocycles. The van der Waals surface area contributed by atoms with Gasteiger partial charge >= 0.3 is 7.60 Å². The van der Waals surface area contributed by atoms with E-state index in [9.17, 15) is 13.3 Å². The number of hydrogen-bond donors (Lipinski definition) is 1. The van der Waals surface area contributed by atoms with Crippen molar-refractivity contribution in [3.63, 3.8) is 0 Å². The number of benzene rings is 3. The summed E-state index contributed by atoms with van der Waals surface area (Å²) in [6.45, 7) is 4.12. The van der Waals surface area contributed by atoms with E-state index in [4.69, 9.17) is 9.05 Å². The van der Waals surface area contributed by atoms with Crippen molar-refractivity contribution in [2.75, 3.05) is 18.5 Å². The van der Waals surface area contributed by atoms with Gasteiger partial charge in [0.05, 0.1) is 24.6 Å². The van der Waals surface area contributed by atoms with Crippen molar-refractivity contribution >= 4 is 18.6 Å². The van der Waals surface area contributed by atoms with Crippen LogP contribution in [0.3, 0.4) is 0 Å². The minimum absolute atomic E-state index is 0.0173. The van der Waals surface area contributed by atoms with Crippen molar-refractivity contribution < 1.29 is 22.4 Å². The van der Waals surface area contributed by atoms with Crippen molar-refractivity contribution in [1.82, 2.24) is 0 Å². The molecule has 33 heavy (non-hydrogen) atoms. The zero-order valence-corrected chi connectivity index (χ0v) is 19.4. The molecule has 2 aliphatic rings. The molecular formula is C26H26F2NO3P. The zero-order chi connectivity index (χ0) is 23.2. The molecule has 0 fully saturated rings. The Morgan fingerprint density at radius 1 is 0.939 bits per heavy atom. The van der Waals surface area contributed by atoms with E-state index in [1.807, 2.05) is 24.3 Å². The van der Waals surface area contributed by atoms with Crippen molar-refractivity contribution in [2.24, 2.45) is 5.92 Å². The highest BCUT2D eigenvalue weighted by molar-refractivity contribution is 7.62. The summed E-state index contributed by atoms with van der Waals surface area (Å²) < 4.78 is 53.0. The molecule has 7 heteroatoms. The van der Waals surface area contributed by atoms with Crippen LogP contribution in [0.2, 0.25) is 0 Å². The van der Waals surface area contributed by atoms with E-state index >= 15 is 0 Å². The van der Waals surface area contributed by atoms with Crippen LogP contribution in [0.25, 0.3) is 0 Å². The van der Waals surface area contributed by atoms with Crippen LogP contribution in [0.15, 0.2) is 60.7 Å². The molecule has 3 aromatic rings. The number of hydrogen-bond acceptors (Lipinski definition) is 4. The molecule has 0 unspecified atom stereocenters. The summed E-state index contributed by atoms with van der Waals surface area (Å²) in [5, 5.41) is 4.00. The SMILES string of the molecule is CCOP(=O)(OCC)c1ccc2c(c1)[C@H]1c3ccccc3C[C@H]1[C@@H](c1ccc(F)cc1F)N2. The van der Waals surface area contributed by atoms with E-state index in [0.717, 1.165) is 23.7 Å². The normalized spacial score (nSPS) is 21.2. The maximum absolute atomic E-state index is 14.8. The molecule has 3 aromatic carbocycles. The Kier molecular flexibility index (Phi) is 5.86. The van der Waals surface area contributed by atoms with Gasteiger partial charge in [0, 0.05) is 23.2 Å². The highest BCUT2D eigenvalue weighted by atomic mass is 31.2. The van der Waals surface area contributed by atoms with E-state index in [2.05, 4.69) is 17.4 Å². The van der Waals surface area contributed by atoms with Gasteiger partial charge in [0.15, 0.2) is 0 Å². The van der Waals surface area contributed by atoms with Gasteiger partial charge in [-0.05, 0) is 67.1 Å². The lowest BCUT2D eigenvalue weighted by Crippen LogP contribution is -2.32. The molecule has 172 valence electrons. The maximum Gasteiger partial charge on any atom is 0.361 e. The molecule has 0 amide bonds. The number of anilines is 1. The number of nitrogens with one attached hydrogen (secondary N) is 1. The number of rotatable bonds is 6. The summed E-state index contributed by atoms with van der Waals surface area (Å²) >= 11 is 0. The summed E-state index contributed by atoms with van der Waals surface area (Å²) in [7, 11) is -3.45. The first-order valence-corrected chi connectivity index (χ1v) is 12.8. The molecule has 0 aromatic heterocycles. The van der Waals surface area contributed by atoms with Gasteiger partial charge < -0.3 is 14.4 Å². The van der Waals surface area contributed by atoms with Crippen LogP contribution in [-0.4, -0.2) is 13.2 Å². The Hall–Kier alpha value is -2.53. The third kappa shape index (κ3) is 3.80. The van der Waals surface area contributed by atoms with Crippen LogP contribution in [0.1, 0.15) is 48.1 Å². The van der Waals surface area contributed by atoms with E-state index in [1.54, 1.807) is 19.9 Å². The smallest absolute Gasteiger partial charge is 0.361 e. The topological polar surface area (TPSA) is 47.6 Å². The molecule has 0 spiro atoms. The van der Waals surface area contributed by atoms with Gasteiger partial charge in [0.25, 0.3) is 0 Å². The third-order valence-electron chi connectivity index (χ3n) is 6.60. The minimum atomic E-state index is -3.45. The second-order valence-electron chi connectivity index (χ2n) is 8.44. The molecule has 0 saturated heterocycles. The fraction of sp³-hybridized carbons (Fsp3) is 0.308. The van der Waals surface area contributed by atoms with Crippen molar-refractivity contribution in [3.8, 4) is 0 Å². The summed E-state index contributed by atoms with van der Waals surface area (Å²) in [5.41, 5.74) is 4.66. The van der Waals surface area contributed by atoms with Gasteiger partial charge in [-0.1, -0.05) is 30.3 Å². The fourth-order valence-corrected chi connectivity index (χ4v) is 6.91. The Balaban J connectivity index is 1.65. The van der Waals surface area contributed by atoms with Crippen LogP contribution in [0.5, 0.6) is 0 Å². The quantitative estimate of drug-likeness (QED) is 0.429. The van der Waals surface area contributed by atoms with Crippen molar-refractivity contribution in [1.29, 1.82) is 0 Å². The van der Waals surface area contributed by atoms with E-state index in [-0.39, 0.29) is 31.1 Å². The number of fused-ring (bicyclic) bond motifs is 5. The lowest BCUT2D eigenvalue weighted by molar-refractivity contribution is 0.230. The van der Waals surface area contributed by atoms with Crippen LogP contribution in [0, 0.1) is 17.6 Å². The lowest BCUT2D eigenvalue weighted by Gasteiger charge is -2.38.